The van der Waals surface area contributed by atoms with Crippen LogP contribution in [0.15, 0.2) is 58.0 Å². The van der Waals surface area contributed by atoms with Crippen LogP contribution in [0, 0.1) is 5.82 Å². The number of carbonyl (C=O) groups excluding carboxylic acids is 2. The molecule has 0 bridgehead atoms. The Hall–Kier alpha value is -2.03. The van der Waals surface area contributed by atoms with Crippen LogP contribution in [-0.4, -0.2) is 27.2 Å². The van der Waals surface area contributed by atoms with Crippen LogP contribution in [-0.2, 0) is 15.6 Å². The Morgan fingerprint density at radius 3 is 2.64 bits per heavy atom. The minimum Gasteiger partial charge on any atom is -0.306 e. The zero-order valence-electron chi connectivity index (χ0n) is 14.6. The molecule has 2 amide bonds. The molecule has 3 rings (SSSR count). The summed E-state index contributed by atoms with van der Waals surface area (Å²) in [5.41, 5.74) is 1.03. The number of halogens is 3. The number of benzene rings is 2. The first-order valence-electron chi connectivity index (χ1n) is 8.14. The number of rotatable bonds is 3. The van der Waals surface area contributed by atoms with E-state index in [2.05, 4.69) is 21.2 Å². The quantitative estimate of drug-likeness (QED) is 0.662. The second-order valence-corrected chi connectivity index (χ2v) is 8.72. The summed E-state index contributed by atoms with van der Waals surface area (Å²) in [7, 11) is -1.33. The van der Waals surface area contributed by atoms with Crippen LogP contribution in [0.1, 0.15) is 18.0 Å². The summed E-state index contributed by atoms with van der Waals surface area (Å²) in [6.45, 7) is 0. The lowest BCUT2D eigenvalue weighted by Crippen LogP contribution is -2.37. The van der Waals surface area contributed by atoms with Crippen molar-refractivity contribution in [3.8, 4) is 0 Å². The van der Waals surface area contributed by atoms with Gasteiger partial charge in [-0.1, -0.05) is 23.7 Å². The molecule has 0 aromatic heterocycles. The van der Waals surface area contributed by atoms with Crippen molar-refractivity contribution in [2.45, 2.75) is 17.4 Å². The van der Waals surface area contributed by atoms with E-state index in [0.29, 0.717) is 25.6 Å². The molecule has 0 unspecified atom stereocenters. The summed E-state index contributed by atoms with van der Waals surface area (Å²) in [6.07, 6.45) is 4.30. The molecule has 5 nitrogen and oxygen atoms in total. The predicted molar refractivity (Wildman–Crippen MR) is 110 cm³/mol. The highest BCUT2D eigenvalue weighted by atomic mass is 79.9. The van der Waals surface area contributed by atoms with E-state index in [0.717, 1.165) is 0 Å². The molecule has 1 aliphatic rings. The Balaban J connectivity index is 1.91. The number of urea groups is 1. The fraction of sp³-hybridized carbons (Fsp3) is 0.158. The number of amides is 2. The number of nitrogens with zero attached hydrogens (tertiary/aromatic N) is 1. The number of hydrogen-bond donors (Lipinski definition) is 1. The molecule has 2 aromatic carbocycles. The Kier molecular flexibility index (Phi) is 6.32. The van der Waals surface area contributed by atoms with Crippen LogP contribution in [0.25, 0.3) is 0 Å². The van der Waals surface area contributed by atoms with Crippen molar-refractivity contribution in [2.75, 3.05) is 11.6 Å². The topological polar surface area (TPSA) is 66.5 Å². The van der Waals surface area contributed by atoms with Crippen LogP contribution < -0.4 is 5.32 Å². The fourth-order valence-corrected chi connectivity index (χ4v) is 4.50. The zero-order valence-corrected chi connectivity index (χ0v) is 17.8. The minimum absolute atomic E-state index is 0.0849. The Morgan fingerprint density at radius 1 is 1.32 bits per heavy atom. The molecule has 146 valence electrons. The molecule has 1 heterocycles. The maximum Gasteiger partial charge on any atom is 0.326 e. The van der Waals surface area contributed by atoms with Crippen molar-refractivity contribution in [3.05, 3.63) is 69.6 Å². The Bertz CT molecular complexity index is 997. The highest BCUT2D eigenvalue weighted by Crippen LogP contribution is 2.33. The fourth-order valence-electron chi connectivity index (χ4n) is 2.82. The number of hydrogen-bond acceptors (Lipinski definition) is 3. The molecule has 1 N–H and O–H groups in total. The number of anilines is 1. The van der Waals surface area contributed by atoms with Crippen LogP contribution in [0.4, 0.5) is 14.9 Å². The van der Waals surface area contributed by atoms with E-state index in [1.807, 2.05) is 0 Å². The van der Waals surface area contributed by atoms with Gasteiger partial charge in [0.1, 0.15) is 5.82 Å². The minimum atomic E-state index is -1.33. The van der Waals surface area contributed by atoms with Crippen molar-refractivity contribution in [2.24, 2.45) is 0 Å². The average molecular weight is 486 g/mol. The number of carbonyl (C=O) groups is 2. The third kappa shape index (κ3) is 4.51. The summed E-state index contributed by atoms with van der Waals surface area (Å²) >= 11 is 9.42. The summed E-state index contributed by atoms with van der Waals surface area (Å²) in [4.78, 5) is 26.5. The summed E-state index contributed by atoms with van der Waals surface area (Å²) in [5, 5.41) is 3.06. The normalized spacial score (nSPS) is 17.5. The third-order valence-electron chi connectivity index (χ3n) is 4.21. The average Bonchev–Trinajstić information content (AvgIpc) is 2.64. The van der Waals surface area contributed by atoms with E-state index in [1.54, 1.807) is 18.2 Å². The first-order chi connectivity index (χ1) is 13.3. The molecule has 0 saturated heterocycles. The van der Waals surface area contributed by atoms with Gasteiger partial charge in [-0.25, -0.2) is 9.18 Å². The first kappa shape index (κ1) is 20.7. The van der Waals surface area contributed by atoms with E-state index in [4.69, 9.17) is 11.6 Å². The lowest BCUT2D eigenvalue weighted by Gasteiger charge is -2.31. The lowest BCUT2D eigenvalue weighted by molar-refractivity contribution is -0.116. The van der Waals surface area contributed by atoms with E-state index >= 15 is 0 Å². The van der Waals surface area contributed by atoms with E-state index in [9.17, 15) is 18.2 Å². The molecule has 2 aromatic rings. The molecule has 1 aliphatic heterocycles. The first-order valence-corrected chi connectivity index (χ1v) is 10.9. The molecule has 0 spiro atoms. The van der Waals surface area contributed by atoms with Gasteiger partial charge < -0.3 is 5.32 Å². The molecule has 2 atom stereocenters. The van der Waals surface area contributed by atoms with Gasteiger partial charge in [0.2, 0.25) is 0 Å². The van der Waals surface area contributed by atoms with Crippen LogP contribution in [0.3, 0.4) is 0 Å². The van der Waals surface area contributed by atoms with Gasteiger partial charge in [0.05, 0.1) is 32.4 Å². The maximum absolute atomic E-state index is 13.2. The summed E-state index contributed by atoms with van der Waals surface area (Å²) < 4.78 is 25.6. The van der Waals surface area contributed by atoms with Gasteiger partial charge in [-0.05, 0) is 51.8 Å². The largest absolute Gasteiger partial charge is 0.326 e. The van der Waals surface area contributed by atoms with Gasteiger partial charge in [0.25, 0.3) is 0 Å². The molecule has 0 fully saturated rings. The molecular formula is C19H15BrClFN2O3S. The van der Waals surface area contributed by atoms with Crippen molar-refractivity contribution in [1.82, 2.24) is 4.90 Å². The van der Waals surface area contributed by atoms with Gasteiger partial charge in [0, 0.05) is 23.3 Å². The number of ketones is 1. The van der Waals surface area contributed by atoms with E-state index in [1.165, 1.54) is 41.6 Å². The lowest BCUT2D eigenvalue weighted by atomic mass is 9.97. The second kappa shape index (κ2) is 8.55. The van der Waals surface area contributed by atoms with Gasteiger partial charge in [-0.15, -0.1) is 0 Å². The molecule has 0 saturated carbocycles. The van der Waals surface area contributed by atoms with Gasteiger partial charge in [-0.2, -0.15) is 0 Å². The van der Waals surface area contributed by atoms with Crippen molar-refractivity contribution >= 4 is 55.8 Å². The number of allylic oxidation sites excluding steroid dienone is 1. The summed E-state index contributed by atoms with van der Waals surface area (Å²) in [6, 6.07) is 7.69. The number of nitrogens with one attached hydrogen (secondary N) is 1. The summed E-state index contributed by atoms with van der Waals surface area (Å²) in [5.74, 6) is -0.530. The SMILES string of the molecule is C[S@@](=O)c1cc(NC(=O)N2C=CC(=O)C[C@H]2c2ccc(F)cc2)c(Br)cc1Cl. The highest BCUT2D eigenvalue weighted by Gasteiger charge is 2.29. The van der Waals surface area contributed by atoms with E-state index in [-0.39, 0.29) is 12.2 Å². The van der Waals surface area contributed by atoms with Crippen molar-refractivity contribution < 1.29 is 18.2 Å². The van der Waals surface area contributed by atoms with Gasteiger partial charge >= 0.3 is 6.03 Å². The molecule has 0 radical (unpaired) electrons. The van der Waals surface area contributed by atoms with Crippen LogP contribution in [0.2, 0.25) is 5.02 Å². The zero-order chi connectivity index (χ0) is 20.4. The molecular weight excluding hydrogens is 471 g/mol. The third-order valence-corrected chi connectivity index (χ3v) is 6.25. The standard InChI is InChI=1S/C19H15BrClFN2O3S/c1-28(27)18-10-16(14(20)9-15(18)21)23-19(26)24-7-6-13(25)8-17(24)11-2-4-12(22)5-3-11/h2-7,9-10,17H,8H2,1H3,(H,23,26)/t17-,28+/m0/s1. The van der Waals surface area contributed by atoms with Gasteiger partial charge in [0.15, 0.2) is 5.78 Å². The Labute approximate surface area is 177 Å². The molecule has 9 heteroatoms. The van der Waals surface area contributed by atoms with Crippen molar-refractivity contribution in [3.63, 3.8) is 0 Å². The Morgan fingerprint density at radius 2 is 2.00 bits per heavy atom. The van der Waals surface area contributed by atoms with Gasteiger partial charge in [-0.3, -0.25) is 13.9 Å². The van der Waals surface area contributed by atoms with Crippen molar-refractivity contribution in [1.29, 1.82) is 0 Å². The molecule has 28 heavy (non-hydrogen) atoms. The van der Waals surface area contributed by atoms with E-state index < -0.39 is 28.7 Å². The predicted octanol–water partition coefficient (Wildman–Crippen LogP) is 5.04. The highest BCUT2D eigenvalue weighted by molar-refractivity contribution is 9.10. The molecule has 0 aliphatic carbocycles. The van der Waals surface area contributed by atoms with Crippen LogP contribution in [0.5, 0.6) is 0 Å². The monoisotopic (exact) mass is 484 g/mol. The van der Waals surface area contributed by atoms with Crippen LogP contribution >= 0.6 is 27.5 Å². The second-order valence-electron chi connectivity index (χ2n) is 6.11. The maximum atomic E-state index is 13.2. The smallest absolute Gasteiger partial charge is 0.306 e.